The van der Waals surface area contributed by atoms with E-state index >= 15 is 0 Å². The molecular weight excluding hydrogens is 478 g/mol. The number of rotatable bonds is 7. The zero-order chi connectivity index (χ0) is 23.6. The molecule has 2 aliphatic rings. The topological polar surface area (TPSA) is 105 Å². The predicted molar refractivity (Wildman–Crippen MR) is 101 cm³/mol. The number of alkyl halides is 3. The molecule has 9 nitrogen and oxygen atoms in total. The minimum Gasteiger partial charge on any atom is -0.484 e. The first-order valence-corrected chi connectivity index (χ1v) is 10.2. The Morgan fingerprint density at radius 3 is 2.55 bits per heavy atom. The first-order chi connectivity index (χ1) is 15.7. The van der Waals surface area contributed by atoms with Crippen LogP contribution in [0.2, 0.25) is 5.02 Å². The summed E-state index contributed by atoms with van der Waals surface area (Å²) < 4.78 is 75.6. The lowest BCUT2D eigenvalue weighted by Crippen LogP contribution is -2.46. The molecule has 180 valence electrons. The molecule has 33 heavy (non-hydrogen) atoms. The second-order valence-corrected chi connectivity index (χ2v) is 7.87. The summed E-state index contributed by atoms with van der Waals surface area (Å²) in [4.78, 5) is 12.0. The number of hydrogen-bond acceptors (Lipinski definition) is 8. The van der Waals surface area contributed by atoms with Crippen LogP contribution in [0.25, 0.3) is 0 Å². The van der Waals surface area contributed by atoms with E-state index in [2.05, 4.69) is 20.3 Å². The third-order valence-electron chi connectivity index (χ3n) is 4.93. The average Bonchev–Trinajstić information content (AvgIpc) is 3.21. The smallest absolute Gasteiger partial charge is 0.484 e. The van der Waals surface area contributed by atoms with Gasteiger partial charge in [0.2, 0.25) is 12.2 Å². The van der Waals surface area contributed by atoms with Crippen LogP contribution in [0.5, 0.6) is 5.75 Å². The van der Waals surface area contributed by atoms with Crippen LogP contribution in [0.3, 0.4) is 0 Å². The van der Waals surface area contributed by atoms with E-state index in [-0.39, 0.29) is 61.1 Å². The van der Waals surface area contributed by atoms with Crippen molar-refractivity contribution in [3.8, 4) is 5.75 Å². The molecule has 0 unspecified atom stereocenters. The summed E-state index contributed by atoms with van der Waals surface area (Å²) in [6.07, 6.45) is -6.33. The summed E-state index contributed by atoms with van der Waals surface area (Å²) in [6, 6.07) is 3.34. The molecule has 1 aliphatic carbocycles. The Morgan fingerprint density at radius 1 is 1.18 bits per heavy atom. The zero-order valence-corrected chi connectivity index (χ0v) is 17.6. The van der Waals surface area contributed by atoms with Crippen molar-refractivity contribution in [1.82, 2.24) is 15.5 Å². The highest BCUT2D eigenvalue weighted by Gasteiger charge is 2.43. The number of nitrogens with one attached hydrogen (secondary N) is 1. The number of nitrogens with zero attached hydrogens (tertiary/aromatic N) is 2. The summed E-state index contributed by atoms with van der Waals surface area (Å²) in [5, 5.41) is 10.3. The van der Waals surface area contributed by atoms with Crippen LogP contribution in [0.4, 0.5) is 17.6 Å². The van der Waals surface area contributed by atoms with E-state index < -0.39 is 36.5 Å². The summed E-state index contributed by atoms with van der Waals surface area (Å²) >= 11 is 5.59. The van der Waals surface area contributed by atoms with Crippen molar-refractivity contribution in [2.45, 2.75) is 43.6 Å². The predicted octanol–water partition coefficient (Wildman–Crippen LogP) is 3.25. The Morgan fingerprint density at radius 2 is 1.88 bits per heavy atom. The number of aromatic nitrogens is 2. The Hall–Kier alpha value is -2.48. The van der Waals surface area contributed by atoms with Gasteiger partial charge in [0.25, 0.3) is 11.8 Å². The monoisotopic (exact) mass is 495 g/mol. The van der Waals surface area contributed by atoms with Gasteiger partial charge in [-0.25, -0.2) is 4.39 Å². The van der Waals surface area contributed by atoms with Crippen LogP contribution in [0.15, 0.2) is 22.6 Å². The molecule has 1 aromatic carbocycles. The maximum absolute atomic E-state index is 13.4. The third-order valence-corrected chi connectivity index (χ3v) is 5.23. The van der Waals surface area contributed by atoms with Crippen molar-refractivity contribution in [2.75, 3.05) is 19.8 Å². The maximum Gasteiger partial charge on any atom is 0.522 e. The van der Waals surface area contributed by atoms with Gasteiger partial charge >= 0.3 is 6.36 Å². The van der Waals surface area contributed by atoms with Crippen molar-refractivity contribution in [2.24, 2.45) is 0 Å². The highest BCUT2D eigenvalue weighted by atomic mass is 35.5. The maximum atomic E-state index is 13.4. The van der Waals surface area contributed by atoms with Gasteiger partial charge in [-0.2, -0.15) is 0 Å². The first kappa shape index (κ1) is 23.7. The van der Waals surface area contributed by atoms with Crippen molar-refractivity contribution in [3.05, 3.63) is 40.8 Å². The Balaban J connectivity index is 1.18. The number of hydrogen-bond donors (Lipinski definition) is 1. The summed E-state index contributed by atoms with van der Waals surface area (Å²) in [5.41, 5.74) is 0. The molecule has 4 rings (SSSR count). The first-order valence-electron chi connectivity index (χ1n) is 9.84. The molecule has 2 fully saturated rings. The van der Waals surface area contributed by atoms with Gasteiger partial charge in [0.1, 0.15) is 11.6 Å². The Bertz CT molecular complexity index is 977. The molecule has 1 N–H and O–H groups in total. The largest absolute Gasteiger partial charge is 0.522 e. The van der Waals surface area contributed by atoms with Gasteiger partial charge in [0.05, 0.1) is 30.4 Å². The molecular formula is C19H18ClF4N3O6. The minimum absolute atomic E-state index is 0.0306. The van der Waals surface area contributed by atoms with Crippen molar-refractivity contribution in [1.29, 1.82) is 0 Å². The van der Waals surface area contributed by atoms with E-state index in [1.807, 2.05) is 0 Å². The normalized spacial score (nSPS) is 25.4. The molecule has 0 atom stereocenters. The van der Waals surface area contributed by atoms with Gasteiger partial charge in [-0.3, -0.25) is 9.53 Å². The van der Waals surface area contributed by atoms with E-state index in [0.29, 0.717) is 0 Å². The molecule has 1 aliphatic heterocycles. The lowest BCUT2D eigenvalue weighted by molar-refractivity contribution is -0.352. The summed E-state index contributed by atoms with van der Waals surface area (Å²) in [6.45, 7) is -0.197. The van der Waals surface area contributed by atoms with Gasteiger partial charge in [0, 0.05) is 12.0 Å². The fourth-order valence-electron chi connectivity index (χ4n) is 3.27. The van der Waals surface area contributed by atoms with Gasteiger partial charge < -0.3 is 23.9 Å². The lowest BCUT2D eigenvalue weighted by atomic mass is 9.82. The van der Waals surface area contributed by atoms with Gasteiger partial charge in [0.15, 0.2) is 6.61 Å². The van der Waals surface area contributed by atoms with Crippen LogP contribution in [-0.2, 0) is 19.0 Å². The van der Waals surface area contributed by atoms with Crippen LogP contribution in [0.1, 0.15) is 36.8 Å². The van der Waals surface area contributed by atoms with Crippen LogP contribution >= 0.6 is 11.6 Å². The molecule has 0 spiro atoms. The van der Waals surface area contributed by atoms with E-state index in [1.54, 1.807) is 0 Å². The molecule has 1 saturated carbocycles. The second kappa shape index (κ2) is 9.79. The standard InChI is InChI=1S/C19H18ClF4N3O6/c20-13-2-1-11(5-14(13)21)29-8-15(28)25-10-6-30-18(31-7-10)17-27-26-16(32-17)9-3-12(4-9)33-19(22,23)24/h1-2,5,9-10,12,18H,3-4,6-8H2,(H,25,28). The number of ether oxygens (including phenoxy) is 4. The molecule has 1 aromatic heterocycles. The summed E-state index contributed by atoms with van der Waals surface area (Å²) in [5.74, 6) is -1.10. The van der Waals surface area contributed by atoms with E-state index in [9.17, 15) is 22.4 Å². The number of carbonyl (C=O) groups excluding carboxylic acids is 1. The van der Waals surface area contributed by atoms with Gasteiger partial charge in [-0.15, -0.1) is 23.4 Å². The Labute approximate surface area is 189 Å². The zero-order valence-electron chi connectivity index (χ0n) is 16.8. The Kier molecular flexibility index (Phi) is 7.02. The minimum atomic E-state index is -4.68. The second-order valence-electron chi connectivity index (χ2n) is 7.46. The molecule has 1 saturated heterocycles. The van der Waals surface area contributed by atoms with Crippen LogP contribution < -0.4 is 10.1 Å². The molecule has 0 bridgehead atoms. The fraction of sp³-hybridized carbons (Fsp3) is 0.526. The van der Waals surface area contributed by atoms with Crippen molar-refractivity contribution >= 4 is 17.5 Å². The van der Waals surface area contributed by atoms with E-state index in [4.69, 9.17) is 30.2 Å². The van der Waals surface area contributed by atoms with E-state index in [1.165, 1.54) is 12.1 Å². The highest BCUT2D eigenvalue weighted by Crippen LogP contribution is 2.41. The molecule has 2 aromatic rings. The van der Waals surface area contributed by atoms with Crippen LogP contribution in [-0.4, -0.2) is 54.4 Å². The number of halogens is 5. The third kappa shape index (κ3) is 6.31. The van der Waals surface area contributed by atoms with E-state index in [0.717, 1.165) is 6.07 Å². The van der Waals surface area contributed by atoms with Gasteiger partial charge in [-0.1, -0.05) is 11.6 Å². The molecule has 14 heteroatoms. The van der Waals surface area contributed by atoms with Gasteiger partial charge in [-0.05, 0) is 25.0 Å². The molecule has 2 heterocycles. The summed E-state index contributed by atoms with van der Waals surface area (Å²) in [7, 11) is 0. The van der Waals surface area contributed by atoms with Crippen LogP contribution in [0, 0.1) is 5.82 Å². The number of carbonyl (C=O) groups is 1. The quantitative estimate of drug-likeness (QED) is 0.584. The molecule has 0 radical (unpaired) electrons. The van der Waals surface area contributed by atoms with Crippen molar-refractivity contribution < 1.29 is 45.7 Å². The number of benzene rings is 1. The highest BCUT2D eigenvalue weighted by molar-refractivity contribution is 6.30. The van der Waals surface area contributed by atoms with Crippen molar-refractivity contribution in [3.63, 3.8) is 0 Å². The SMILES string of the molecule is O=C(COc1ccc(Cl)c(F)c1)NC1COC(c2nnc(C3CC(OC(F)(F)F)C3)o2)OC1. The number of amides is 1. The fourth-order valence-corrected chi connectivity index (χ4v) is 3.39. The lowest BCUT2D eigenvalue weighted by Gasteiger charge is -2.33. The average molecular weight is 496 g/mol. The molecule has 1 amide bonds.